The van der Waals surface area contributed by atoms with Crippen LogP contribution in [0.3, 0.4) is 0 Å². The van der Waals surface area contributed by atoms with Crippen molar-refractivity contribution < 1.29 is 37.3 Å². The van der Waals surface area contributed by atoms with E-state index in [0.29, 0.717) is 11.3 Å². The largest absolute Gasteiger partial charge is 0.482 e. The van der Waals surface area contributed by atoms with Crippen LogP contribution in [0.4, 0.5) is 18.9 Å². The zero-order valence-corrected chi connectivity index (χ0v) is 22.7. The van der Waals surface area contributed by atoms with E-state index in [1.54, 1.807) is 42.0 Å². The van der Waals surface area contributed by atoms with Crippen molar-refractivity contribution in [1.82, 2.24) is 24.4 Å². The first-order chi connectivity index (χ1) is 20.5. The quantitative estimate of drug-likeness (QED) is 0.296. The van der Waals surface area contributed by atoms with Crippen LogP contribution in [-0.4, -0.2) is 55.0 Å². The minimum atomic E-state index is -4.78. The van der Waals surface area contributed by atoms with Gasteiger partial charge in [-0.2, -0.15) is 23.4 Å². The molecule has 1 N–H and O–H groups in total. The highest BCUT2D eigenvalue weighted by Crippen LogP contribution is 2.39. The number of aromatic carboxylic acids is 1. The predicted molar refractivity (Wildman–Crippen MR) is 145 cm³/mol. The fraction of sp³-hybridized carbons (Fsp3) is 0.207. The molecule has 14 heteroatoms. The average molecular weight is 593 g/mol. The van der Waals surface area contributed by atoms with Crippen molar-refractivity contribution in [1.29, 1.82) is 0 Å². The third-order valence-corrected chi connectivity index (χ3v) is 6.94. The summed E-state index contributed by atoms with van der Waals surface area (Å²) in [5.74, 6) is -1.33. The van der Waals surface area contributed by atoms with Crippen molar-refractivity contribution >= 4 is 23.2 Å². The molecule has 1 aliphatic heterocycles. The standard InChI is InChI=1S/C29H23F3N6O5/c1-16-10-24-33-12-20(13-37(24)34-16)36(2)27(39)18-4-3-5-19(11-18)38-25-22(26(35-38)29(30,31)32)14-42-15-23(25)43-21-8-6-17(7-9-21)28(40)41/h3-13,23H,14-15H2,1-2H3,(H,40,41). The lowest BCUT2D eigenvalue weighted by Gasteiger charge is -2.26. The summed E-state index contributed by atoms with van der Waals surface area (Å²) in [6.45, 7) is 1.40. The molecule has 43 heavy (non-hydrogen) atoms. The lowest BCUT2D eigenvalue weighted by atomic mass is 10.1. The second-order valence-electron chi connectivity index (χ2n) is 9.89. The predicted octanol–water partition coefficient (Wildman–Crippen LogP) is 4.87. The summed E-state index contributed by atoms with van der Waals surface area (Å²) in [5.41, 5.74) is 1.07. The summed E-state index contributed by atoms with van der Waals surface area (Å²) < 4.78 is 56.4. The average Bonchev–Trinajstić information content (AvgIpc) is 3.57. The molecule has 3 aromatic heterocycles. The maximum absolute atomic E-state index is 14.1. The number of ether oxygens (including phenoxy) is 2. The number of carbonyl (C=O) groups is 2. The highest BCUT2D eigenvalue weighted by molar-refractivity contribution is 6.05. The molecule has 5 aromatic rings. The second kappa shape index (κ2) is 10.5. The zero-order valence-electron chi connectivity index (χ0n) is 22.7. The number of aromatic nitrogens is 5. The van der Waals surface area contributed by atoms with Crippen molar-refractivity contribution in [2.24, 2.45) is 0 Å². The summed E-state index contributed by atoms with van der Waals surface area (Å²) >= 11 is 0. The minimum absolute atomic E-state index is 0.0271. The van der Waals surface area contributed by atoms with Gasteiger partial charge >= 0.3 is 12.1 Å². The molecule has 1 unspecified atom stereocenters. The Morgan fingerprint density at radius 1 is 1.09 bits per heavy atom. The van der Waals surface area contributed by atoms with Gasteiger partial charge in [0.15, 0.2) is 17.4 Å². The number of nitrogens with zero attached hydrogens (tertiary/aromatic N) is 6. The number of hydrogen-bond donors (Lipinski definition) is 1. The fourth-order valence-electron chi connectivity index (χ4n) is 4.88. The summed E-state index contributed by atoms with van der Waals surface area (Å²) in [6.07, 6.45) is -2.61. The summed E-state index contributed by atoms with van der Waals surface area (Å²) in [5, 5.41) is 17.4. The molecule has 0 spiro atoms. The van der Waals surface area contributed by atoms with E-state index in [2.05, 4.69) is 15.2 Å². The number of alkyl halides is 3. The summed E-state index contributed by atoms with van der Waals surface area (Å²) in [7, 11) is 1.56. The van der Waals surface area contributed by atoms with Crippen LogP contribution < -0.4 is 9.64 Å². The number of halogens is 3. The van der Waals surface area contributed by atoms with Crippen LogP contribution in [0.2, 0.25) is 0 Å². The van der Waals surface area contributed by atoms with Gasteiger partial charge in [-0.1, -0.05) is 6.07 Å². The van der Waals surface area contributed by atoms with Gasteiger partial charge in [0, 0.05) is 24.2 Å². The van der Waals surface area contributed by atoms with Crippen LogP contribution in [-0.2, 0) is 17.5 Å². The number of carboxylic acids is 1. The second-order valence-corrected chi connectivity index (χ2v) is 9.89. The van der Waals surface area contributed by atoms with Gasteiger partial charge < -0.3 is 19.5 Å². The van der Waals surface area contributed by atoms with E-state index in [1.807, 2.05) is 6.92 Å². The normalized spacial score (nSPS) is 14.9. The highest BCUT2D eigenvalue weighted by Gasteiger charge is 2.43. The van der Waals surface area contributed by atoms with E-state index >= 15 is 0 Å². The maximum atomic E-state index is 14.1. The van der Waals surface area contributed by atoms with Crippen LogP contribution in [0.1, 0.15) is 49.5 Å². The highest BCUT2D eigenvalue weighted by atomic mass is 19.4. The van der Waals surface area contributed by atoms with Gasteiger partial charge in [-0.3, -0.25) is 4.79 Å². The molecule has 0 radical (unpaired) electrons. The lowest BCUT2D eigenvalue weighted by Crippen LogP contribution is -2.27. The van der Waals surface area contributed by atoms with Gasteiger partial charge in [-0.05, 0) is 49.4 Å². The number of carbonyl (C=O) groups excluding carboxylic acids is 1. The van der Waals surface area contributed by atoms with Gasteiger partial charge in [0.1, 0.15) is 5.75 Å². The monoisotopic (exact) mass is 592 g/mol. The third kappa shape index (κ3) is 5.28. The van der Waals surface area contributed by atoms with Gasteiger partial charge in [-0.25, -0.2) is 19.0 Å². The number of amides is 1. The van der Waals surface area contributed by atoms with Crippen LogP contribution in [0, 0.1) is 6.92 Å². The molecule has 0 saturated carbocycles. The van der Waals surface area contributed by atoms with E-state index in [0.717, 1.165) is 10.4 Å². The van der Waals surface area contributed by atoms with Crippen molar-refractivity contribution in [3.63, 3.8) is 0 Å². The molecule has 4 heterocycles. The number of benzene rings is 2. The van der Waals surface area contributed by atoms with Crippen molar-refractivity contribution in [2.45, 2.75) is 25.8 Å². The van der Waals surface area contributed by atoms with E-state index < -0.39 is 29.9 Å². The van der Waals surface area contributed by atoms with Crippen molar-refractivity contribution in [3.8, 4) is 11.4 Å². The van der Waals surface area contributed by atoms with Gasteiger partial charge in [0.25, 0.3) is 5.91 Å². The molecular formula is C29H23F3N6O5. The Kier molecular flexibility index (Phi) is 6.85. The molecule has 1 atom stereocenters. The summed E-state index contributed by atoms with van der Waals surface area (Å²) in [6, 6.07) is 13.4. The molecule has 0 bridgehead atoms. The van der Waals surface area contributed by atoms with Crippen molar-refractivity contribution in [2.75, 3.05) is 18.6 Å². The number of carboxylic acid groups (broad SMARTS) is 1. The Balaban J connectivity index is 1.37. The Bertz CT molecular complexity index is 1870. The van der Waals surface area contributed by atoms with Crippen LogP contribution in [0.5, 0.6) is 5.75 Å². The first kappa shape index (κ1) is 27.9. The molecule has 220 valence electrons. The number of aryl methyl sites for hydroxylation is 1. The van der Waals surface area contributed by atoms with E-state index in [9.17, 15) is 22.8 Å². The number of hydrogen-bond acceptors (Lipinski definition) is 7. The van der Waals surface area contributed by atoms with Crippen LogP contribution in [0.25, 0.3) is 11.3 Å². The fourth-order valence-corrected chi connectivity index (χ4v) is 4.88. The SMILES string of the molecule is Cc1cc2ncc(N(C)C(=O)c3cccc(-n4nc(C(F)(F)F)c5c4C(Oc4ccc(C(=O)O)cc4)COC5)c3)cn2n1. The van der Waals surface area contributed by atoms with Gasteiger partial charge in [0.2, 0.25) is 0 Å². The first-order valence-corrected chi connectivity index (χ1v) is 13.0. The molecular weight excluding hydrogens is 569 g/mol. The van der Waals surface area contributed by atoms with E-state index in [-0.39, 0.29) is 47.0 Å². The van der Waals surface area contributed by atoms with Crippen LogP contribution >= 0.6 is 0 Å². The maximum Gasteiger partial charge on any atom is 0.435 e. The third-order valence-electron chi connectivity index (χ3n) is 6.94. The molecule has 1 amide bonds. The van der Waals surface area contributed by atoms with Crippen molar-refractivity contribution in [3.05, 3.63) is 101 Å². The lowest BCUT2D eigenvalue weighted by molar-refractivity contribution is -0.143. The topological polar surface area (TPSA) is 124 Å². The van der Waals surface area contributed by atoms with Gasteiger partial charge in [0.05, 0.1) is 53.9 Å². The molecule has 0 fully saturated rings. The minimum Gasteiger partial charge on any atom is -0.482 e. The molecule has 0 saturated heterocycles. The molecule has 1 aliphatic rings. The van der Waals surface area contributed by atoms with Crippen LogP contribution in [0.15, 0.2) is 67.0 Å². The molecule has 2 aromatic carbocycles. The first-order valence-electron chi connectivity index (χ1n) is 13.0. The Labute approximate surface area is 241 Å². The number of fused-ring (bicyclic) bond motifs is 2. The molecule has 11 nitrogen and oxygen atoms in total. The summed E-state index contributed by atoms with van der Waals surface area (Å²) in [4.78, 5) is 30.4. The molecule has 6 rings (SSSR count). The number of rotatable bonds is 6. The molecule has 0 aliphatic carbocycles. The number of anilines is 1. The smallest absolute Gasteiger partial charge is 0.435 e. The van der Waals surface area contributed by atoms with E-state index in [1.165, 1.54) is 41.4 Å². The zero-order chi connectivity index (χ0) is 30.5. The Hall–Kier alpha value is -5.24. The Morgan fingerprint density at radius 3 is 2.58 bits per heavy atom. The van der Waals surface area contributed by atoms with E-state index in [4.69, 9.17) is 14.6 Å². The van der Waals surface area contributed by atoms with Gasteiger partial charge in [-0.15, -0.1) is 0 Å². The Morgan fingerprint density at radius 2 is 1.86 bits per heavy atom.